The van der Waals surface area contributed by atoms with Crippen molar-refractivity contribution in [3.05, 3.63) is 59.0 Å². The number of aryl methyl sites for hydroxylation is 1. The highest BCUT2D eigenvalue weighted by atomic mass is 32.2. The number of nitrogens with one attached hydrogen (secondary N) is 1. The van der Waals surface area contributed by atoms with Gasteiger partial charge in [-0.3, -0.25) is 0 Å². The summed E-state index contributed by atoms with van der Waals surface area (Å²) in [6.07, 6.45) is 0. The van der Waals surface area contributed by atoms with Crippen molar-refractivity contribution in [3.8, 4) is 0 Å². The van der Waals surface area contributed by atoms with E-state index in [1.807, 2.05) is 6.92 Å². The molecular formula is C15H19NO4S. The van der Waals surface area contributed by atoms with Gasteiger partial charge in [-0.15, -0.1) is 0 Å². The molecule has 0 amide bonds. The van der Waals surface area contributed by atoms with Crippen LogP contribution in [0.1, 0.15) is 35.6 Å². The van der Waals surface area contributed by atoms with Crippen LogP contribution in [0.25, 0.3) is 0 Å². The Morgan fingerprint density at radius 2 is 1.76 bits per heavy atom. The van der Waals surface area contributed by atoms with Gasteiger partial charge in [-0.05, 0) is 37.1 Å². The zero-order chi connectivity index (χ0) is 15.5. The zero-order valence-electron chi connectivity index (χ0n) is 12.0. The summed E-state index contributed by atoms with van der Waals surface area (Å²) in [5.74, 6) is 1.23. The fourth-order valence-electron chi connectivity index (χ4n) is 2.02. The van der Waals surface area contributed by atoms with Crippen LogP contribution < -0.4 is 4.72 Å². The normalized spacial score (nSPS) is 13.3. The van der Waals surface area contributed by atoms with Crippen molar-refractivity contribution in [2.45, 2.75) is 32.2 Å². The van der Waals surface area contributed by atoms with E-state index in [1.54, 1.807) is 43.3 Å². The van der Waals surface area contributed by atoms with Crippen LogP contribution in [0.2, 0.25) is 0 Å². The third-order valence-electron chi connectivity index (χ3n) is 3.11. The molecule has 0 aliphatic carbocycles. The van der Waals surface area contributed by atoms with Gasteiger partial charge >= 0.3 is 0 Å². The summed E-state index contributed by atoms with van der Waals surface area (Å²) in [6, 6.07) is 9.97. The number of furan rings is 1. The second-order valence-electron chi connectivity index (χ2n) is 5.02. The van der Waals surface area contributed by atoms with Gasteiger partial charge in [-0.2, -0.15) is 0 Å². The molecule has 2 N–H and O–H groups in total. The predicted molar refractivity (Wildman–Crippen MR) is 80.0 cm³/mol. The lowest BCUT2D eigenvalue weighted by molar-refractivity contribution is 0.282. The monoisotopic (exact) mass is 309 g/mol. The molecule has 0 saturated carbocycles. The third-order valence-corrected chi connectivity index (χ3v) is 4.53. The number of rotatable bonds is 6. The molecule has 0 saturated heterocycles. The van der Waals surface area contributed by atoms with Gasteiger partial charge in [-0.25, -0.2) is 13.1 Å². The average molecular weight is 309 g/mol. The second kappa shape index (κ2) is 6.43. The first kappa shape index (κ1) is 15.8. The molecule has 21 heavy (non-hydrogen) atoms. The maximum Gasteiger partial charge on any atom is 0.216 e. The minimum Gasteiger partial charge on any atom is -0.465 e. The lowest BCUT2D eigenvalue weighted by atomic mass is 10.2. The molecule has 0 radical (unpaired) electrons. The molecule has 1 aromatic carbocycles. The molecule has 0 bridgehead atoms. The first-order chi connectivity index (χ1) is 9.89. The van der Waals surface area contributed by atoms with Gasteiger partial charge in [0, 0.05) is 0 Å². The molecule has 1 atom stereocenters. The first-order valence-corrected chi connectivity index (χ1v) is 8.30. The topological polar surface area (TPSA) is 79.5 Å². The van der Waals surface area contributed by atoms with Crippen molar-refractivity contribution in [1.82, 2.24) is 4.72 Å². The smallest absolute Gasteiger partial charge is 0.216 e. The predicted octanol–water partition coefficient (Wildman–Crippen LogP) is 2.26. The summed E-state index contributed by atoms with van der Waals surface area (Å²) in [4.78, 5) is 0. The van der Waals surface area contributed by atoms with Crippen LogP contribution in [-0.4, -0.2) is 13.5 Å². The molecule has 0 fully saturated rings. The van der Waals surface area contributed by atoms with E-state index in [4.69, 9.17) is 9.52 Å². The van der Waals surface area contributed by atoms with Gasteiger partial charge in [0.1, 0.15) is 11.5 Å². The van der Waals surface area contributed by atoms with E-state index >= 15 is 0 Å². The van der Waals surface area contributed by atoms with Crippen LogP contribution in [0.15, 0.2) is 40.8 Å². The van der Waals surface area contributed by atoms with E-state index in [2.05, 4.69) is 4.72 Å². The van der Waals surface area contributed by atoms with Crippen LogP contribution in [0, 0.1) is 6.92 Å². The van der Waals surface area contributed by atoms with Crippen molar-refractivity contribution in [2.24, 2.45) is 0 Å². The molecule has 1 unspecified atom stereocenters. The van der Waals surface area contributed by atoms with E-state index in [1.165, 1.54) is 0 Å². The Balaban J connectivity index is 2.04. The molecular weight excluding hydrogens is 290 g/mol. The SMILES string of the molecule is Cc1ccc(C(C)NS(=O)(=O)Cc2ccc(CO)cc2)o1. The Hall–Kier alpha value is -1.63. The maximum atomic E-state index is 12.1. The standard InChI is InChI=1S/C15H19NO4S/c1-11-3-8-15(20-11)12(2)16-21(18,19)10-14-6-4-13(9-17)5-7-14/h3-8,12,16-17H,9-10H2,1-2H3. The fourth-order valence-corrected chi connectivity index (χ4v) is 3.38. The van der Waals surface area contributed by atoms with Gasteiger partial charge in [0.05, 0.1) is 18.4 Å². The number of hydrogen-bond acceptors (Lipinski definition) is 4. The third kappa shape index (κ3) is 4.42. The lowest BCUT2D eigenvalue weighted by Gasteiger charge is -2.12. The number of benzene rings is 1. The van der Waals surface area contributed by atoms with Crippen molar-refractivity contribution in [3.63, 3.8) is 0 Å². The lowest BCUT2D eigenvalue weighted by Crippen LogP contribution is -2.27. The van der Waals surface area contributed by atoms with Gasteiger partial charge < -0.3 is 9.52 Å². The Kier molecular flexibility index (Phi) is 4.82. The van der Waals surface area contributed by atoms with Gasteiger partial charge in [0.2, 0.25) is 10.0 Å². The highest BCUT2D eigenvalue weighted by Gasteiger charge is 2.18. The summed E-state index contributed by atoms with van der Waals surface area (Å²) in [5.41, 5.74) is 1.42. The molecule has 114 valence electrons. The van der Waals surface area contributed by atoms with E-state index in [0.717, 1.165) is 11.3 Å². The highest BCUT2D eigenvalue weighted by Crippen LogP contribution is 2.17. The fraction of sp³-hybridized carbons (Fsp3) is 0.333. The van der Waals surface area contributed by atoms with Crippen molar-refractivity contribution >= 4 is 10.0 Å². The number of aliphatic hydroxyl groups excluding tert-OH is 1. The largest absolute Gasteiger partial charge is 0.465 e. The quantitative estimate of drug-likeness (QED) is 0.858. The minimum absolute atomic E-state index is 0.0554. The molecule has 6 heteroatoms. The van der Waals surface area contributed by atoms with E-state index in [9.17, 15) is 8.42 Å². The Morgan fingerprint density at radius 1 is 1.14 bits per heavy atom. The van der Waals surface area contributed by atoms with E-state index in [0.29, 0.717) is 11.3 Å². The Bertz CT molecular complexity index is 689. The van der Waals surface area contributed by atoms with Crippen molar-refractivity contribution in [2.75, 3.05) is 0 Å². The van der Waals surface area contributed by atoms with Gasteiger partial charge in [0.25, 0.3) is 0 Å². The zero-order valence-corrected chi connectivity index (χ0v) is 12.9. The molecule has 0 aliphatic rings. The first-order valence-electron chi connectivity index (χ1n) is 6.64. The number of aliphatic hydroxyl groups is 1. The van der Waals surface area contributed by atoms with Crippen molar-refractivity contribution < 1.29 is 17.9 Å². The summed E-state index contributed by atoms with van der Waals surface area (Å²) in [7, 11) is -3.46. The second-order valence-corrected chi connectivity index (χ2v) is 6.78. The van der Waals surface area contributed by atoms with Crippen LogP contribution in [0.4, 0.5) is 0 Å². The molecule has 5 nitrogen and oxygen atoms in total. The molecule has 2 aromatic rings. The molecule has 1 aromatic heterocycles. The minimum atomic E-state index is -3.46. The molecule has 1 heterocycles. The van der Waals surface area contributed by atoms with Crippen LogP contribution in [0.5, 0.6) is 0 Å². The maximum absolute atomic E-state index is 12.1. The summed E-state index contributed by atoms with van der Waals surface area (Å²) >= 11 is 0. The van der Waals surface area contributed by atoms with Crippen LogP contribution in [0.3, 0.4) is 0 Å². The molecule has 0 spiro atoms. The molecule has 0 aliphatic heterocycles. The summed E-state index contributed by atoms with van der Waals surface area (Å²) in [6.45, 7) is 3.50. The highest BCUT2D eigenvalue weighted by molar-refractivity contribution is 7.88. The number of hydrogen-bond donors (Lipinski definition) is 2. The van der Waals surface area contributed by atoms with Crippen LogP contribution >= 0.6 is 0 Å². The van der Waals surface area contributed by atoms with Crippen molar-refractivity contribution in [1.29, 1.82) is 0 Å². The van der Waals surface area contributed by atoms with Gasteiger partial charge in [0.15, 0.2) is 0 Å². The van der Waals surface area contributed by atoms with Gasteiger partial charge in [-0.1, -0.05) is 24.3 Å². The Labute approximate surface area is 124 Å². The Morgan fingerprint density at radius 3 is 2.29 bits per heavy atom. The summed E-state index contributed by atoms with van der Waals surface area (Å²) < 4.78 is 32.3. The molecule has 2 rings (SSSR count). The van der Waals surface area contributed by atoms with E-state index < -0.39 is 16.1 Å². The van der Waals surface area contributed by atoms with E-state index in [-0.39, 0.29) is 12.4 Å². The van der Waals surface area contributed by atoms with Crippen LogP contribution in [-0.2, 0) is 22.4 Å². The number of sulfonamides is 1. The summed E-state index contributed by atoms with van der Waals surface area (Å²) in [5, 5.41) is 8.97. The average Bonchev–Trinajstić information content (AvgIpc) is 2.85.